The molecular weight excluding hydrogens is 963 g/mol. The van der Waals surface area contributed by atoms with Gasteiger partial charge >= 0.3 is 0 Å². The Morgan fingerprint density at radius 1 is 0.714 bits per heavy atom. The molecule has 6 aromatic carbocycles. The number of fused-ring (bicyclic) bond motifs is 4. The fourth-order valence-corrected chi connectivity index (χ4v) is 7.72. The summed E-state index contributed by atoms with van der Waals surface area (Å²) in [5.41, 5.74) is 10.6. The minimum atomic E-state index is -2.33. The number of rotatable bonds is 6. The van der Waals surface area contributed by atoms with E-state index in [2.05, 4.69) is 86.6 Å². The third kappa shape index (κ3) is 8.49. The second-order valence-corrected chi connectivity index (χ2v) is 16.6. The maximum atomic E-state index is 14.6. The molecule has 0 N–H and O–H groups in total. The van der Waals surface area contributed by atoms with E-state index in [1.54, 1.807) is 24.4 Å². The summed E-state index contributed by atoms with van der Waals surface area (Å²) in [6, 6.07) is 51.3. The molecule has 0 spiro atoms. The van der Waals surface area contributed by atoms with E-state index in [9.17, 15) is 8.78 Å². The van der Waals surface area contributed by atoms with E-state index in [1.807, 2.05) is 78.9 Å². The van der Waals surface area contributed by atoms with Crippen LogP contribution in [0, 0.1) is 30.6 Å². The van der Waals surface area contributed by atoms with Gasteiger partial charge in [0.25, 0.3) is 0 Å². The van der Waals surface area contributed by atoms with Crippen LogP contribution in [0.5, 0.6) is 0 Å². The molecule has 4 aromatic heterocycles. The van der Waals surface area contributed by atoms with Gasteiger partial charge in [0.1, 0.15) is 11.4 Å². The molecule has 0 unspecified atom stereocenters. The van der Waals surface area contributed by atoms with Crippen molar-refractivity contribution >= 4 is 33.1 Å². The van der Waals surface area contributed by atoms with Gasteiger partial charge in [-0.05, 0) is 64.0 Å². The molecule has 4 heterocycles. The molecule has 8 heteroatoms. The summed E-state index contributed by atoms with van der Waals surface area (Å²) in [5, 5.41) is 1.90. The Morgan fingerprint density at radius 2 is 1.48 bits per heavy atom. The van der Waals surface area contributed by atoms with Crippen molar-refractivity contribution < 1.29 is 37.4 Å². The van der Waals surface area contributed by atoms with Gasteiger partial charge in [-0.1, -0.05) is 149 Å². The monoisotopic (exact) mass is 1010 g/mol. The maximum absolute atomic E-state index is 14.6. The summed E-state index contributed by atoms with van der Waals surface area (Å²) in [7, 11) is 0. The summed E-state index contributed by atoms with van der Waals surface area (Å²) in [4.78, 5) is 14.6. The Labute approximate surface area is 384 Å². The van der Waals surface area contributed by atoms with Gasteiger partial charge in [-0.15, -0.1) is 42.0 Å². The van der Waals surface area contributed by atoms with E-state index in [-0.39, 0.29) is 48.4 Å². The van der Waals surface area contributed by atoms with Crippen molar-refractivity contribution in [2.24, 2.45) is 0 Å². The van der Waals surface area contributed by atoms with E-state index >= 15 is 0 Å². The summed E-state index contributed by atoms with van der Waals surface area (Å²) in [6.07, 6.45) is 1.71. The van der Waals surface area contributed by atoms with Gasteiger partial charge in [-0.25, -0.2) is 9.37 Å². The zero-order chi connectivity index (χ0) is 45.6. The Hall–Kier alpha value is -6.60. The fraction of sp³-hybridized carbons (Fsp3) is 0.145. The third-order valence-corrected chi connectivity index (χ3v) is 11.0. The SMILES string of the molecule is CC(C)c1ccccc1-n1c(-c2[c-]ccc3c2oc2cc(-c4ccccc4F)ccc23)nc2ccc(-c3ccccc3)nc21.[2H]C([2H])([2H])c1c[c-]c(-c2ccc(C(C)(C)C)cn2)c(F)c1.[Ir]. The largest absolute Gasteiger partial charge is 0.501 e. The first-order valence-corrected chi connectivity index (χ1v) is 20.5. The van der Waals surface area contributed by atoms with Crippen molar-refractivity contribution in [2.75, 3.05) is 0 Å². The first kappa shape index (κ1) is 39.3. The number of hydrogen-bond acceptors (Lipinski definition) is 4. The summed E-state index contributed by atoms with van der Waals surface area (Å²) in [5.74, 6) is 0.0814. The van der Waals surface area contributed by atoms with Gasteiger partial charge in [0.2, 0.25) is 0 Å². The van der Waals surface area contributed by atoms with Gasteiger partial charge < -0.3 is 14.0 Å². The van der Waals surface area contributed by atoms with Crippen LogP contribution >= 0.6 is 0 Å². The van der Waals surface area contributed by atoms with E-state index in [1.165, 1.54) is 17.7 Å². The minimum absolute atomic E-state index is 0. The maximum Gasteiger partial charge on any atom is 0.156 e. The molecular formula is C55H44F2IrN4O-2. The number of hydrogen-bond donors (Lipinski definition) is 0. The molecule has 0 atom stereocenters. The molecule has 0 aliphatic carbocycles. The number of nitrogens with zero attached hydrogens (tertiary/aromatic N) is 4. The van der Waals surface area contributed by atoms with Gasteiger partial charge in [0.15, 0.2) is 5.65 Å². The van der Waals surface area contributed by atoms with Crippen LogP contribution in [0.2, 0.25) is 0 Å². The molecule has 63 heavy (non-hydrogen) atoms. The van der Waals surface area contributed by atoms with E-state index in [4.69, 9.17) is 18.5 Å². The molecule has 0 aliphatic heterocycles. The molecule has 5 nitrogen and oxygen atoms in total. The van der Waals surface area contributed by atoms with Crippen LogP contribution in [-0.2, 0) is 25.5 Å². The third-order valence-electron chi connectivity index (χ3n) is 11.0. The smallest absolute Gasteiger partial charge is 0.156 e. The number of aryl methyl sites for hydroxylation is 1. The number of para-hydroxylation sites is 1. The summed E-state index contributed by atoms with van der Waals surface area (Å²) >= 11 is 0. The van der Waals surface area contributed by atoms with Gasteiger partial charge in [0, 0.05) is 58.4 Å². The van der Waals surface area contributed by atoms with Gasteiger partial charge in [-0.2, -0.15) is 0 Å². The average molecular weight is 1010 g/mol. The molecule has 0 fully saturated rings. The Kier molecular flexibility index (Phi) is 11.0. The molecule has 10 rings (SSSR count). The van der Waals surface area contributed by atoms with Crippen LogP contribution in [0.4, 0.5) is 8.78 Å². The van der Waals surface area contributed by atoms with Crippen LogP contribution in [0.25, 0.3) is 83.8 Å². The van der Waals surface area contributed by atoms with Crippen molar-refractivity contribution in [1.29, 1.82) is 0 Å². The van der Waals surface area contributed by atoms with Crippen molar-refractivity contribution in [1.82, 2.24) is 19.5 Å². The molecule has 1 radical (unpaired) electrons. The molecule has 0 saturated carbocycles. The molecule has 315 valence electrons. The number of pyridine rings is 2. The fourth-order valence-electron chi connectivity index (χ4n) is 7.72. The number of halogens is 2. The van der Waals surface area contributed by atoms with Crippen LogP contribution in [0.3, 0.4) is 0 Å². The molecule has 0 amide bonds. The van der Waals surface area contributed by atoms with Gasteiger partial charge in [0.05, 0.1) is 22.6 Å². The summed E-state index contributed by atoms with van der Waals surface area (Å²) < 4.78 is 59.3. The summed E-state index contributed by atoms with van der Waals surface area (Å²) in [6.45, 7) is 8.27. The zero-order valence-corrected chi connectivity index (χ0v) is 37.7. The van der Waals surface area contributed by atoms with Crippen LogP contribution < -0.4 is 0 Å². The van der Waals surface area contributed by atoms with Crippen LogP contribution in [0.15, 0.2) is 156 Å². The van der Waals surface area contributed by atoms with E-state index < -0.39 is 12.7 Å². The van der Waals surface area contributed by atoms with Crippen molar-refractivity contribution in [2.45, 2.75) is 52.8 Å². The number of imidazole rings is 1. The van der Waals surface area contributed by atoms with Crippen molar-refractivity contribution in [3.05, 3.63) is 192 Å². The zero-order valence-electron chi connectivity index (χ0n) is 38.3. The average Bonchev–Trinajstić information content (AvgIpc) is 3.87. The van der Waals surface area contributed by atoms with Crippen molar-refractivity contribution in [3.63, 3.8) is 0 Å². The van der Waals surface area contributed by atoms with Crippen LogP contribution in [0.1, 0.15) is 61.3 Å². The predicted molar refractivity (Wildman–Crippen MR) is 247 cm³/mol. The standard InChI is InChI=1S/C39H27FN3O.C16H17FN.Ir/c1-24(2)27-13-7-9-18-35(27)43-38(42-34-22-21-33(41-39(34)43)25-11-4-3-5-12-25)31-16-10-15-30-29-20-19-26(23-36(29)44-37(30)31)28-14-6-8-17-32(28)40;1-11-5-7-13(14(17)9-11)15-8-6-12(10-18-15)16(2,3)4;/h3-15,17-24H,1-2H3;5-6,8-10H,1-4H3;/q2*-1;/i;1D3;. The number of benzene rings is 6. The first-order valence-electron chi connectivity index (χ1n) is 22.0. The Bertz CT molecular complexity index is 3360. The molecule has 0 bridgehead atoms. The van der Waals surface area contributed by atoms with Gasteiger partial charge in [-0.3, -0.25) is 9.37 Å². The van der Waals surface area contributed by atoms with Crippen molar-refractivity contribution in [3.8, 4) is 50.7 Å². The second kappa shape index (κ2) is 17.6. The topological polar surface area (TPSA) is 56.7 Å². The quantitative estimate of drug-likeness (QED) is 0.156. The number of aromatic nitrogens is 4. The second-order valence-electron chi connectivity index (χ2n) is 16.6. The Balaban J connectivity index is 0.000000228. The normalized spacial score (nSPS) is 12.4. The molecule has 10 aromatic rings. The minimum Gasteiger partial charge on any atom is -0.501 e. The first-order chi connectivity index (χ1) is 31.2. The van der Waals surface area contributed by atoms with E-state index in [0.29, 0.717) is 28.2 Å². The number of furan rings is 1. The van der Waals surface area contributed by atoms with Crippen LogP contribution in [-0.4, -0.2) is 19.5 Å². The van der Waals surface area contributed by atoms with E-state index in [0.717, 1.165) is 61.6 Å². The molecule has 0 aliphatic rings. The predicted octanol–water partition coefficient (Wildman–Crippen LogP) is 14.7. The molecule has 0 saturated heterocycles. The Morgan fingerprint density at radius 3 is 2.21 bits per heavy atom.